The third-order valence-corrected chi connectivity index (χ3v) is 4.32. The van der Waals surface area contributed by atoms with E-state index in [1.807, 2.05) is 6.92 Å². The van der Waals surface area contributed by atoms with Gasteiger partial charge in [0.2, 0.25) is 0 Å². The maximum atomic E-state index is 6.01. The second-order valence-electron chi connectivity index (χ2n) is 4.78. The van der Waals surface area contributed by atoms with Crippen molar-refractivity contribution < 1.29 is 13.3 Å². The summed E-state index contributed by atoms with van der Waals surface area (Å²) in [6, 6.07) is 6.56. The Labute approximate surface area is 123 Å². The number of hydrogen-bond donors (Lipinski definition) is 2. The van der Waals surface area contributed by atoms with Crippen molar-refractivity contribution in [1.82, 2.24) is 0 Å². The second kappa shape index (κ2) is 8.51. The highest BCUT2D eigenvalue weighted by molar-refractivity contribution is 6.36. The summed E-state index contributed by atoms with van der Waals surface area (Å²) < 4.78 is 14.1. The zero-order valence-electron chi connectivity index (χ0n) is 12.7. The van der Waals surface area contributed by atoms with Gasteiger partial charge in [-0.2, -0.15) is 0 Å². The highest BCUT2D eigenvalue weighted by Crippen LogP contribution is 2.26. The summed E-state index contributed by atoms with van der Waals surface area (Å²) in [7, 11) is 3.31. The third-order valence-electron chi connectivity index (χ3n) is 3.32. The molecule has 0 aliphatic heterocycles. The maximum Gasteiger partial charge on any atom is 0.576 e. The zero-order valence-corrected chi connectivity index (χ0v) is 13.7. The lowest BCUT2D eigenvalue weighted by Gasteiger charge is -2.17. The number of rotatable bonds is 5. The highest BCUT2D eigenvalue weighted by atomic mass is 28.3. The van der Waals surface area contributed by atoms with Gasteiger partial charge in [0, 0.05) is 33.4 Å². The van der Waals surface area contributed by atoms with E-state index >= 15 is 0 Å². The quantitative estimate of drug-likeness (QED) is 0.794. The van der Waals surface area contributed by atoms with Crippen LogP contribution in [-0.4, -0.2) is 36.9 Å². The van der Waals surface area contributed by atoms with Crippen molar-refractivity contribution in [2.45, 2.75) is 31.8 Å². The fourth-order valence-corrected chi connectivity index (χ4v) is 2.67. The van der Waals surface area contributed by atoms with Gasteiger partial charge in [0.05, 0.1) is 0 Å². The molecule has 1 aromatic carbocycles. The molecule has 20 heavy (non-hydrogen) atoms. The lowest BCUT2D eigenvalue weighted by molar-refractivity contribution is 0.163. The van der Waals surface area contributed by atoms with Crippen molar-refractivity contribution in [2.24, 2.45) is 11.5 Å². The topological polar surface area (TPSA) is 79.7 Å². The van der Waals surface area contributed by atoms with Crippen LogP contribution in [0.4, 0.5) is 0 Å². The summed E-state index contributed by atoms with van der Waals surface area (Å²) in [6.07, 6.45) is 2.30. The molecule has 0 saturated heterocycles. The Kier molecular flexibility index (Phi) is 7.35. The van der Waals surface area contributed by atoms with Crippen LogP contribution in [0.25, 0.3) is 0 Å². The molecule has 113 valence electrons. The summed E-state index contributed by atoms with van der Waals surface area (Å²) >= 11 is 0. The van der Waals surface area contributed by atoms with Crippen molar-refractivity contribution >= 4 is 9.53 Å². The van der Waals surface area contributed by atoms with E-state index in [4.69, 9.17) is 24.7 Å². The van der Waals surface area contributed by atoms with Crippen LogP contribution in [0.1, 0.15) is 29.7 Å². The van der Waals surface area contributed by atoms with E-state index in [0.29, 0.717) is 0 Å². The minimum atomic E-state index is -1.36. The Balaban J connectivity index is 0.000000246. The van der Waals surface area contributed by atoms with Gasteiger partial charge in [-0.25, -0.2) is 0 Å². The summed E-state index contributed by atoms with van der Waals surface area (Å²) in [5.74, 6) is 0. The minimum absolute atomic E-state index is 0.0119. The average Bonchev–Trinajstić information content (AvgIpc) is 2.82. The van der Waals surface area contributed by atoms with Crippen LogP contribution >= 0.6 is 0 Å². The fourth-order valence-electron chi connectivity index (χ4n) is 2.17. The molecule has 0 spiro atoms. The van der Waals surface area contributed by atoms with Gasteiger partial charge < -0.3 is 24.7 Å². The molecule has 2 unspecified atom stereocenters. The number of aryl methyl sites for hydroxylation is 2. The summed E-state index contributed by atoms with van der Waals surface area (Å²) in [5, 5.41) is 0. The Morgan fingerprint density at radius 3 is 2.10 bits per heavy atom. The van der Waals surface area contributed by atoms with E-state index in [1.54, 1.807) is 21.3 Å². The molecule has 1 aliphatic carbocycles. The summed E-state index contributed by atoms with van der Waals surface area (Å²) in [5.41, 5.74) is 15.8. The van der Waals surface area contributed by atoms with Gasteiger partial charge in [-0.05, 0) is 36.5 Å². The molecule has 6 heteroatoms. The van der Waals surface area contributed by atoms with Gasteiger partial charge in [0.15, 0.2) is 0 Å². The molecular weight excluding hydrogens is 272 g/mol. The maximum absolute atomic E-state index is 6.01. The van der Waals surface area contributed by atoms with Crippen LogP contribution in [-0.2, 0) is 26.1 Å². The number of fused-ring (bicyclic) bond motifs is 2. The van der Waals surface area contributed by atoms with Crippen LogP contribution in [0.2, 0.25) is 0 Å². The minimum Gasteiger partial charge on any atom is -0.375 e. The second-order valence-corrected chi connectivity index (χ2v) is 6.51. The van der Waals surface area contributed by atoms with Crippen LogP contribution < -0.4 is 11.5 Å². The zero-order chi connectivity index (χ0) is 15.1. The normalized spacial score (nSPS) is 15.8. The first kappa shape index (κ1) is 17.3. The molecule has 5 nitrogen and oxygen atoms in total. The van der Waals surface area contributed by atoms with E-state index in [9.17, 15) is 0 Å². The Morgan fingerprint density at radius 1 is 1.05 bits per heavy atom. The molecule has 2 rings (SSSR count). The smallest absolute Gasteiger partial charge is 0.375 e. The Hall–Kier alpha value is -0.763. The summed E-state index contributed by atoms with van der Waals surface area (Å²) in [4.78, 5) is 0. The van der Waals surface area contributed by atoms with Crippen LogP contribution in [0.15, 0.2) is 18.2 Å². The number of nitrogens with two attached hydrogens (primary N) is 2. The van der Waals surface area contributed by atoms with Gasteiger partial charge >= 0.3 is 9.53 Å². The van der Waals surface area contributed by atoms with E-state index in [-0.39, 0.29) is 12.1 Å². The lowest BCUT2D eigenvalue weighted by Crippen LogP contribution is -2.31. The molecule has 0 heterocycles. The van der Waals surface area contributed by atoms with Crippen molar-refractivity contribution in [1.29, 1.82) is 0 Å². The molecule has 0 aromatic heterocycles. The van der Waals surface area contributed by atoms with Crippen molar-refractivity contribution in [2.75, 3.05) is 21.3 Å². The van der Waals surface area contributed by atoms with Crippen LogP contribution in [0.3, 0.4) is 0 Å². The van der Waals surface area contributed by atoms with E-state index in [0.717, 1.165) is 6.42 Å². The molecule has 0 fully saturated rings. The predicted octanol–water partition coefficient (Wildman–Crippen LogP) is 1.04. The first-order chi connectivity index (χ1) is 9.53. The molecule has 1 aromatic rings. The standard InChI is InChI=1S/C11H16N2.C3H9O3Si/c1-7(12)11(13)10-5-3-8-2-4-9(10)6-8;1-4-7(5-2)6-3/h3,5-7,11H,2,4,12-13H2,1H3;1-3H3. The molecular formula is C14H25N2O3Si. The molecule has 2 atom stereocenters. The molecule has 1 radical (unpaired) electrons. The van der Waals surface area contributed by atoms with Gasteiger partial charge in [-0.3, -0.25) is 0 Å². The number of benzene rings is 1. The van der Waals surface area contributed by atoms with E-state index in [1.165, 1.54) is 23.1 Å². The molecule has 0 saturated carbocycles. The predicted molar refractivity (Wildman–Crippen MR) is 81.2 cm³/mol. The van der Waals surface area contributed by atoms with Crippen molar-refractivity contribution in [3.05, 3.63) is 34.9 Å². The number of hydrogen-bond acceptors (Lipinski definition) is 5. The lowest BCUT2D eigenvalue weighted by atomic mass is 9.97. The molecule has 4 N–H and O–H groups in total. The van der Waals surface area contributed by atoms with Crippen LogP contribution in [0.5, 0.6) is 0 Å². The van der Waals surface area contributed by atoms with E-state index in [2.05, 4.69) is 18.2 Å². The SMILES string of the molecule is CC(N)C(N)c1ccc2cc1CC2.CO[Si](OC)OC. The monoisotopic (exact) mass is 297 g/mol. The van der Waals surface area contributed by atoms with Gasteiger partial charge in [0.25, 0.3) is 0 Å². The third kappa shape index (κ3) is 4.66. The first-order valence-electron chi connectivity index (χ1n) is 6.65. The molecule has 1 aliphatic rings. The molecule has 0 amide bonds. The Morgan fingerprint density at radius 2 is 1.65 bits per heavy atom. The van der Waals surface area contributed by atoms with Crippen LogP contribution in [0, 0.1) is 0 Å². The van der Waals surface area contributed by atoms with Crippen molar-refractivity contribution in [3.63, 3.8) is 0 Å². The molecule has 2 bridgehead atoms. The fraction of sp³-hybridized carbons (Fsp3) is 0.571. The average molecular weight is 297 g/mol. The largest absolute Gasteiger partial charge is 0.576 e. The van der Waals surface area contributed by atoms with Gasteiger partial charge in [-0.1, -0.05) is 18.2 Å². The first-order valence-corrected chi connectivity index (χ1v) is 7.87. The highest BCUT2D eigenvalue weighted by Gasteiger charge is 2.18. The van der Waals surface area contributed by atoms with Gasteiger partial charge in [0.1, 0.15) is 0 Å². The Bertz CT molecular complexity index is 406. The van der Waals surface area contributed by atoms with Crippen molar-refractivity contribution in [3.8, 4) is 0 Å². The van der Waals surface area contributed by atoms with Gasteiger partial charge in [-0.15, -0.1) is 0 Å². The van der Waals surface area contributed by atoms with E-state index < -0.39 is 9.53 Å². The summed E-state index contributed by atoms with van der Waals surface area (Å²) in [6.45, 7) is 1.96.